The van der Waals surface area contributed by atoms with Crippen LogP contribution in [0.3, 0.4) is 0 Å². The van der Waals surface area contributed by atoms with Crippen LogP contribution in [0.4, 0.5) is 11.4 Å². The average Bonchev–Trinajstić information content (AvgIpc) is 2.65. The number of nitrogens with zero attached hydrogens (tertiary/aromatic N) is 3. The maximum atomic E-state index is 6.34. The van der Waals surface area contributed by atoms with Gasteiger partial charge in [-0.15, -0.1) is 0 Å². The molecule has 31 heavy (non-hydrogen) atoms. The molecule has 0 fully saturated rings. The maximum Gasteiger partial charge on any atom is 0.0864 e. The summed E-state index contributed by atoms with van der Waals surface area (Å²) in [6, 6.07) is 19.8. The second kappa shape index (κ2) is 14.7. The van der Waals surface area contributed by atoms with Crippen LogP contribution in [-0.2, 0) is 18.6 Å². The van der Waals surface area contributed by atoms with Crippen molar-refractivity contribution >= 4 is 34.4 Å². The Morgan fingerprint density at radius 2 is 1.00 bits per heavy atom. The van der Waals surface area contributed by atoms with Crippen molar-refractivity contribution in [2.75, 3.05) is 0 Å². The van der Waals surface area contributed by atoms with Crippen LogP contribution in [0.25, 0.3) is 0 Å². The van der Waals surface area contributed by atoms with Gasteiger partial charge in [-0.05, 0) is 64.1 Å². The van der Waals surface area contributed by atoms with E-state index in [0.717, 1.165) is 34.2 Å². The molecule has 0 spiro atoms. The summed E-state index contributed by atoms with van der Waals surface area (Å²) < 4.78 is 0. The zero-order valence-corrected chi connectivity index (χ0v) is 22.0. The average molecular weight is 533 g/mol. The summed E-state index contributed by atoms with van der Waals surface area (Å²) in [5.41, 5.74) is 7.32. The number of aliphatic imine (C=N–C) groups is 2. The Morgan fingerprint density at radius 1 is 0.677 bits per heavy atom. The molecule has 0 N–H and O–H groups in total. The van der Waals surface area contributed by atoms with Crippen molar-refractivity contribution in [1.82, 2.24) is 4.98 Å². The van der Waals surface area contributed by atoms with E-state index in [2.05, 4.69) is 23.8 Å². The van der Waals surface area contributed by atoms with Crippen molar-refractivity contribution in [3.05, 3.63) is 88.2 Å². The smallest absolute Gasteiger partial charge is 0.0864 e. The van der Waals surface area contributed by atoms with Crippen LogP contribution >= 0.6 is 11.6 Å². The fraction of sp³-hybridized carbons (Fsp3) is 0.174. The number of aromatic nitrogens is 1. The molecule has 8 heteroatoms. The molecule has 0 amide bonds. The number of rotatable bonds is 4. The van der Waals surface area contributed by atoms with Gasteiger partial charge in [0, 0.05) is 23.6 Å². The van der Waals surface area contributed by atoms with E-state index in [1.807, 2.05) is 74.5 Å². The van der Waals surface area contributed by atoms with Crippen molar-refractivity contribution in [2.24, 2.45) is 9.98 Å². The van der Waals surface area contributed by atoms with Gasteiger partial charge < -0.3 is 37.2 Å². The Hall–Kier alpha value is -1.33. The van der Waals surface area contributed by atoms with Crippen LogP contribution in [0.15, 0.2) is 70.6 Å². The first kappa shape index (κ1) is 31.9. The number of pyridine rings is 1. The van der Waals surface area contributed by atoms with Crippen molar-refractivity contribution in [1.29, 1.82) is 0 Å². The minimum absolute atomic E-state index is 0. The summed E-state index contributed by atoms with van der Waals surface area (Å²) in [5, 5.41) is 0.618. The maximum absolute atomic E-state index is 6.34. The van der Waals surface area contributed by atoms with Gasteiger partial charge >= 0.3 is 0 Å². The van der Waals surface area contributed by atoms with Crippen molar-refractivity contribution in [3.63, 3.8) is 0 Å². The van der Waals surface area contributed by atoms with Gasteiger partial charge in [-0.3, -0.25) is 9.98 Å². The molecule has 1 radical (unpaired) electrons. The zero-order chi connectivity index (χ0) is 19.4. The van der Waals surface area contributed by atoms with Gasteiger partial charge in [0.15, 0.2) is 0 Å². The first-order valence-electron chi connectivity index (χ1n) is 8.83. The normalized spacial score (nSPS) is 10.7. The van der Waals surface area contributed by atoms with Gasteiger partial charge in [0.2, 0.25) is 0 Å². The summed E-state index contributed by atoms with van der Waals surface area (Å²) in [4.78, 5) is 14.0. The molecule has 1 aromatic heterocycles. The molecule has 0 aliphatic rings. The molecule has 0 atom stereocenters. The molecule has 3 aromatic rings. The number of hydrogen-bond donors (Lipinski definition) is 0. The van der Waals surface area contributed by atoms with E-state index in [9.17, 15) is 0 Å². The van der Waals surface area contributed by atoms with Crippen LogP contribution in [0.1, 0.15) is 36.4 Å². The molecule has 0 saturated carbocycles. The molecule has 165 valence electrons. The molecule has 3 nitrogen and oxygen atoms in total. The van der Waals surface area contributed by atoms with Gasteiger partial charge in [0.25, 0.3) is 0 Å². The molecule has 2 aromatic carbocycles. The van der Waals surface area contributed by atoms with Crippen LogP contribution in [0.5, 0.6) is 0 Å². The molecule has 0 saturated heterocycles. The van der Waals surface area contributed by atoms with E-state index < -0.39 is 0 Å². The molecular weight excluding hydrogens is 511 g/mol. The Morgan fingerprint density at radius 3 is 1.32 bits per heavy atom. The third-order valence-corrected chi connectivity index (χ3v) is 4.41. The Labute approximate surface area is 220 Å². The van der Waals surface area contributed by atoms with Gasteiger partial charge in [0.1, 0.15) is 0 Å². The minimum atomic E-state index is 0. The molecule has 0 aliphatic heterocycles. The molecule has 1 heterocycles. The minimum Gasteiger partial charge on any atom is -1.00 e. The first-order chi connectivity index (χ1) is 12.9. The summed E-state index contributed by atoms with van der Waals surface area (Å²) in [6.07, 6.45) is 0. The Bertz CT molecular complexity index is 938. The van der Waals surface area contributed by atoms with E-state index in [0.29, 0.717) is 5.02 Å². The van der Waals surface area contributed by atoms with E-state index in [1.165, 1.54) is 11.1 Å². The van der Waals surface area contributed by atoms with Crippen LogP contribution in [-0.4, -0.2) is 16.4 Å². The van der Waals surface area contributed by atoms with E-state index in [1.54, 1.807) is 0 Å². The largest absolute Gasteiger partial charge is 1.00 e. The first-order valence-corrected chi connectivity index (χ1v) is 9.21. The second-order valence-electron chi connectivity index (χ2n) is 6.62. The quantitative estimate of drug-likeness (QED) is 0.347. The monoisotopic (exact) mass is 531 g/mol. The number of hydrogen-bond acceptors (Lipinski definition) is 3. The van der Waals surface area contributed by atoms with Crippen LogP contribution in [0.2, 0.25) is 5.02 Å². The van der Waals surface area contributed by atoms with Crippen molar-refractivity contribution in [3.8, 4) is 0 Å². The number of halogens is 4. The molecule has 3 rings (SSSR count). The fourth-order valence-electron chi connectivity index (χ4n) is 2.61. The van der Waals surface area contributed by atoms with Crippen LogP contribution < -0.4 is 37.2 Å². The van der Waals surface area contributed by atoms with E-state index in [-0.39, 0.29) is 55.8 Å². The van der Waals surface area contributed by atoms with Crippen molar-refractivity contribution < 1.29 is 55.8 Å². The summed E-state index contributed by atoms with van der Waals surface area (Å²) in [5.74, 6) is 0. The predicted octanol–water partition coefficient (Wildman–Crippen LogP) is -2.36. The third kappa shape index (κ3) is 9.37. The Balaban J connectivity index is 0. The van der Waals surface area contributed by atoms with Crippen LogP contribution in [0, 0.1) is 13.8 Å². The van der Waals surface area contributed by atoms with Gasteiger partial charge in [-0.2, -0.15) is 0 Å². The van der Waals surface area contributed by atoms with E-state index >= 15 is 0 Å². The SMILES string of the molecule is CC(=Nc1ccc(C)cc1)c1cc(Cl)cc(C(C)=Nc2ccc(C)cc2)n1.[Cl-].[Cl-].[Cl-].[V]. The third-order valence-electron chi connectivity index (χ3n) is 4.19. The number of benzene rings is 2. The number of aryl methyl sites for hydroxylation is 2. The molecule has 0 unspecified atom stereocenters. The van der Waals surface area contributed by atoms with E-state index in [4.69, 9.17) is 16.6 Å². The predicted molar refractivity (Wildman–Crippen MR) is 115 cm³/mol. The fourth-order valence-corrected chi connectivity index (χ4v) is 2.82. The topological polar surface area (TPSA) is 37.6 Å². The Kier molecular flexibility index (Phi) is 15.1. The molecule has 0 aliphatic carbocycles. The van der Waals surface area contributed by atoms with Gasteiger partial charge in [0.05, 0.1) is 34.2 Å². The summed E-state index contributed by atoms with van der Waals surface area (Å²) in [6.45, 7) is 7.99. The zero-order valence-electron chi connectivity index (χ0n) is 17.6. The molecule has 0 bridgehead atoms. The second-order valence-corrected chi connectivity index (χ2v) is 7.06. The van der Waals surface area contributed by atoms with Gasteiger partial charge in [-0.25, -0.2) is 4.98 Å². The summed E-state index contributed by atoms with van der Waals surface area (Å²) >= 11 is 6.34. The van der Waals surface area contributed by atoms with Crippen molar-refractivity contribution in [2.45, 2.75) is 27.7 Å². The molecular formula is C23H22Cl4N3V-3. The standard InChI is InChI=1S/C23H22ClN3.3ClH.V/c1-15-5-9-20(10-6-15)25-17(3)22-13-19(24)14-23(27-22)18(4)26-21-11-7-16(2)8-12-21;;;;/h5-14H,1-4H3;3*1H;/p-3. The summed E-state index contributed by atoms with van der Waals surface area (Å²) in [7, 11) is 0. The van der Waals surface area contributed by atoms with Gasteiger partial charge in [-0.1, -0.05) is 47.0 Å².